The van der Waals surface area contributed by atoms with E-state index in [9.17, 15) is 9.59 Å². The van der Waals surface area contributed by atoms with E-state index in [1.807, 2.05) is 12.3 Å². The molecule has 0 atom stereocenters. The predicted octanol–water partition coefficient (Wildman–Crippen LogP) is 7.76. The highest BCUT2D eigenvalue weighted by atomic mass is 32.2. The van der Waals surface area contributed by atoms with Crippen molar-refractivity contribution in [3.05, 3.63) is 35.9 Å². The van der Waals surface area contributed by atoms with Crippen molar-refractivity contribution in [1.29, 1.82) is 0 Å². The maximum Gasteiger partial charge on any atom is 0.251 e. The van der Waals surface area contributed by atoms with Crippen LogP contribution in [0.3, 0.4) is 0 Å². The Hall–Kier alpha value is -1.79. The summed E-state index contributed by atoms with van der Waals surface area (Å²) in [5.74, 6) is -0.155. The van der Waals surface area contributed by atoms with Gasteiger partial charge in [-0.1, -0.05) is 70.4 Å². The lowest BCUT2D eigenvalue weighted by atomic mass is 10.1. The third-order valence-corrected chi connectivity index (χ3v) is 6.79. The number of anilines is 1. The van der Waals surface area contributed by atoms with E-state index in [-0.39, 0.29) is 11.8 Å². The largest absolute Gasteiger partial charge is 0.383 e. The van der Waals surface area contributed by atoms with Crippen LogP contribution in [0.15, 0.2) is 35.2 Å². The molecule has 0 saturated heterocycles. The van der Waals surface area contributed by atoms with Gasteiger partial charge in [-0.25, -0.2) is 0 Å². The number of benzene rings is 1. The molecule has 0 unspecified atom stereocenters. The first-order chi connectivity index (χ1) is 17.1. The van der Waals surface area contributed by atoms with Gasteiger partial charge in [-0.2, -0.15) is 0 Å². The fraction of sp³-hybridized carbons (Fsp3) is 0.655. The molecule has 0 saturated carbocycles. The summed E-state index contributed by atoms with van der Waals surface area (Å²) in [6, 6.07) is 5.42. The Kier molecular flexibility index (Phi) is 19.2. The lowest BCUT2D eigenvalue weighted by Gasteiger charge is -2.12. The Labute approximate surface area is 218 Å². The highest BCUT2D eigenvalue weighted by molar-refractivity contribution is 7.98. The molecule has 1 aromatic carbocycles. The molecule has 2 amide bonds. The van der Waals surface area contributed by atoms with Crippen LogP contribution in [0.4, 0.5) is 5.69 Å². The molecule has 0 fully saturated rings. The summed E-state index contributed by atoms with van der Waals surface area (Å²) in [5, 5.41) is 5.81. The van der Waals surface area contributed by atoms with Crippen LogP contribution in [0.1, 0.15) is 107 Å². The number of rotatable bonds is 21. The second-order valence-corrected chi connectivity index (χ2v) is 9.89. The van der Waals surface area contributed by atoms with Crippen LogP contribution >= 0.6 is 11.8 Å². The number of nitrogens with one attached hydrogen (secondary N) is 2. The summed E-state index contributed by atoms with van der Waals surface area (Å²) < 4.78 is 4.97. The van der Waals surface area contributed by atoms with Gasteiger partial charge in [0.1, 0.15) is 0 Å². The molecule has 0 radical (unpaired) electrons. The van der Waals surface area contributed by atoms with Crippen molar-refractivity contribution in [2.45, 2.75) is 102 Å². The van der Waals surface area contributed by atoms with Crippen LogP contribution in [-0.2, 0) is 9.53 Å². The molecule has 0 bridgehead atoms. The first kappa shape index (κ1) is 31.2. The first-order valence-corrected chi connectivity index (χ1v) is 14.7. The van der Waals surface area contributed by atoms with Gasteiger partial charge in [0, 0.05) is 30.5 Å². The Bertz CT molecular complexity index is 737. The van der Waals surface area contributed by atoms with Crippen molar-refractivity contribution in [2.75, 3.05) is 31.8 Å². The summed E-state index contributed by atoms with van der Waals surface area (Å²) in [6.45, 7) is 3.18. The molecule has 0 spiro atoms. The zero-order valence-corrected chi connectivity index (χ0v) is 23.1. The molecule has 198 valence electrons. The number of carbonyl (C=O) groups excluding carboxylic acids is 2. The number of amides is 2. The number of unbranched alkanes of at least 4 members (excludes halogenated alkanes) is 11. The fourth-order valence-corrected chi connectivity index (χ4v) is 4.42. The van der Waals surface area contributed by atoms with Crippen LogP contribution < -0.4 is 10.6 Å². The van der Waals surface area contributed by atoms with Gasteiger partial charge in [0.15, 0.2) is 0 Å². The predicted molar refractivity (Wildman–Crippen MR) is 151 cm³/mol. The van der Waals surface area contributed by atoms with E-state index in [0.717, 1.165) is 17.7 Å². The molecule has 5 nitrogen and oxygen atoms in total. The van der Waals surface area contributed by atoms with Gasteiger partial charge >= 0.3 is 0 Å². The summed E-state index contributed by atoms with van der Waals surface area (Å²) in [6.07, 6.45) is 23.3. The second kappa shape index (κ2) is 21.5. The molecule has 2 N–H and O–H groups in total. The van der Waals surface area contributed by atoms with Gasteiger partial charge in [0.05, 0.1) is 12.3 Å². The van der Waals surface area contributed by atoms with Crippen molar-refractivity contribution in [3.8, 4) is 0 Å². The molecule has 0 aromatic heterocycles. The molecular weight excluding hydrogens is 456 g/mol. The third kappa shape index (κ3) is 15.7. The quantitative estimate of drug-likeness (QED) is 0.102. The first-order valence-electron chi connectivity index (χ1n) is 13.5. The Balaban J connectivity index is 2.18. The van der Waals surface area contributed by atoms with E-state index in [0.29, 0.717) is 30.8 Å². The summed E-state index contributed by atoms with van der Waals surface area (Å²) in [7, 11) is 1.60. The van der Waals surface area contributed by atoms with Crippen molar-refractivity contribution >= 4 is 29.3 Å². The number of allylic oxidation sites excluding steroid dienone is 2. The van der Waals surface area contributed by atoms with E-state index >= 15 is 0 Å². The lowest BCUT2D eigenvalue weighted by molar-refractivity contribution is -0.116. The normalized spacial score (nSPS) is 11.2. The molecular formula is C29H48N2O3S. The molecule has 1 aromatic rings. The molecule has 0 aliphatic carbocycles. The second-order valence-electron chi connectivity index (χ2n) is 9.05. The average Bonchev–Trinajstić information content (AvgIpc) is 2.86. The van der Waals surface area contributed by atoms with Crippen molar-refractivity contribution in [2.24, 2.45) is 0 Å². The SMILES string of the molecule is CCCCCCCCC=CCCCCCCCC(=O)Nc1cc(C(=O)NCCOC)ccc1SC. The molecule has 35 heavy (non-hydrogen) atoms. The number of hydrogen-bond donors (Lipinski definition) is 2. The Morgan fingerprint density at radius 2 is 1.54 bits per heavy atom. The van der Waals surface area contributed by atoms with Gasteiger partial charge in [-0.05, 0) is 56.6 Å². The monoisotopic (exact) mass is 504 g/mol. The lowest BCUT2D eigenvalue weighted by Crippen LogP contribution is -2.27. The van der Waals surface area contributed by atoms with Crippen molar-refractivity contribution < 1.29 is 14.3 Å². The number of methoxy groups -OCH3 is 1. The minimum Gasteiger partial charge on any atom is -0.383 e. The number of hydrogen-bond acceptors (Lipinski definition) is 4. The van der Waals surface area contributed by atoms with E-state index in [2.05, 4.69) is 29.7 Å². The number of thioether (sulfide) groups is 1. The Morgan fingerprint density at radius 1 is 0.914 bits per heavy atom. The zero-order valence-electron chi connectivity index (χ0n) is 22.3. The minimum atomic E-state index is -0.164. The highest BCUT2D eigenvalue weighted by Crippen LogP contribution is 2.27. The van der Waals surface area contributed by atoms with E-state index < -0.39 is 0 Å². The fourth-order valence-electron chi connectivity index (χ4n) is 3.88. The van der Waals surface area contributed by atoms with Crippen LogP contribution in [0, 0.1) is 0 Å². The zero-order chi connectivity index (χ0) is 25.6. The number of ether oxygens (including phenoxy) is 1. The summed E-state index contributed by atoms with van der Waals surface area (Å²) in [5.41, 5.74) is 1.24. The van der Waals surface area contributed by atoms with Gasteiger partial charge in [-0.15, -0.1) is 11.8 Å². The van der Waals surface area contributed by atoms with Crippen LogP contribution in [0.25, 0.3) is 0 Å². The molecule has 6 heteroatoms. The van der Waals surface area contributed by atoms with Crippen LogP contribution in [0.2, 0.25) is 0 Å². The third-order valence-electron chi connectivity index (χ3n) is 5.99. The Morgan fingerprint density at radius 3 is 2.17 bits per heavy atom. The molecule has 0 aliphatic rings. The molecule has 0 heterocycles. The van der Waals surface area contributed by atoms with E-state index in [4.69, 9.17) is 4.74 Å². The maximum absolute atomic E-state index is 12.5. The van der Waals surface area contributed by atoms with Crippen LogP contribution in [-0.4, -0.2) is 38.3 Å². The van der Waals surface area contributed by atoms with Crippen molar-refractivity contribution in [1.82, 2.24) is 5.32 Å². The van der Waals surface area contributed by atoms with Crippen LogP contribution in [0.5, 0.6) is 0 Å². The van der Waals surface area contributed by atoms with E-state index in [1.165, 1.54) is 70.6 Å². The van der Waals surface area contributed by atoms with E-state index in [1.54, 1.807) is 31.0 Å². The van der Waals surface area contributed by atoms with Gasteiger partial charge in [-0.3, -0.25) is 9.59 Å². The maximum atomic E-state index is 12.5. The van der Waals surface area contributed by atoms with Crippen molar-refractivity contribution in [3.63, 3.8) is 0 Å². The standard InChI is InChI=1S/C29H48N2O3S/c1-4-5-6-7-8-9-10-11-12-13-14-15-16-17-18-19-28(32)31-26-24-25(20-21-27(26)35-3)29(33)30-22-23-34-2/h11-12,20-21,24H,4-10,13-19,22-23H2,1-3H3,(H,30,33)(H,31,32). The smallest absolute Gasteiger partial charge is 0.251 e. The van der Waals surface area contributed by atoms with Gasteiger partial charge in [0.25, 0.3) is 5.91 Å². The number of carbonyl (C=O) groups is 2. The highest BCUT2D eigenvalue weighted by Gasteiger charge is 2.11. The molecule has 1 rings (SSSR count). The average molecular weight is 505 g/mol. The van der Waals surface area contributed by atoms with Gasteiger partial charge in [0.2, 0.25) is 5.91 Å². The summed E-state index contributed by atoms with van der Waals surface area (Å²) in [4.78, 5) is 25.7. The topological polar surface area (TPSA) is 67.4 Å². The van der Waals surface area contributed by atoms with Gasteiger partial charge < -0.3 is 15.4 Å². The summed E-state index contributed by atoms with van der Waals surface area (Å²) >= 11 is 1.56. The minimum absolute atomic E-state index is 0.00914. The molecule has 0 aliphatic heterocycles.